The standard InChI is InChI=1S/C23H27N7O4S.C2H6/c1-6-23(7-2)15-9-12(3)8-14(17(15)28-22(33)34-23)20(32)29(5)13(4)19-26-11-27-30(19)21-25-10-16(35-21)18(24)31;1-2/h8-11,13H,6-7H2,1-5H3,(H2,24,31)(H,28,33);1-2H3. The number of ether oxygens (including phenoxy) is 1. The van der Waals surface area contributed by atoms with E-state index in [1.807, 2.05) is 47.6 Å². The van der Waals surface area contributed by atoms with Crippen LogP contribution in [0, 0.1) is 6.92 Å². The summed E-state index contributed by atoms with van der Waals surface area (Å²) < 4.78 is 7.18. The third kappa shape index (κ3) is 5.06. The lowest BCUT2D eigenvalue weighted by Gasteiger charge is -2.38. The highest BCUT2D eigenvalue weighted by Gasteiger charge is 2.41. The van der Waals surface area contributed by atoms with Gasteiger partial charge >= 0.3 is 6.09 Å². The summed E-state index contributed by atoms with van der Waals surface area (Å²) in [5.74, 6) is -0.426. The molecule has 3 aromatic rings. The van der Waals surface area contributed by atoms with Gasteiger partial charge in [-0.05, 0) is 44.4 Å². The third-order valence-electron chi connectivity index (χ3n) is 6.43. The fourth-order valence-corrected chi connectivity index (χ4v) is 5.02. The second-order valence-electron chi connectivity index (χ2n) is 8.44. The smallest absolute Gasteiger partial charge is 0.412 e. The number of aromatic nitrogens is 4. The molecule has 0 bridgehead atoms. The van der Waals surface area contributed by atoms with Crippen LogP contribution < -0.4 is 11.1 Å². The van der Waals surface area contributed by atoms with E-state index in [0.29, 0.717) is 39.9 Å². The summed E-state index contributed by atoms with van der Waals surface area (Å²) in [5.41, 5.74) is 7.04. The van der Waals surface area contributed by atoms with E-state index >= 15 is 0 Å². The Labute approximate surface area is 220 Å². The van der Waals surface area contributed by atoms with Crippen molar-refractivity contribution in [1.29, 1.82) is 0 Å². The van der Waals surface area contributed by atoms with E-state index < -0.39 is 23.6 Å². The van der Waals surface area contributed by atoms with Crippen LogP contribution in [0.3, 0.4) is 0 Å². The maximum absolute atomic E-state index is 13.7. The fraction of sp³-hybridized carbons (Fsp3) is 0.440. The van der Waals surface area contributed by atoms with Crippen LogP contribution in [-0.4, -0.2) is 49.6 Å². The summed E-state index contributed by atoms with van der Waals surface area (Å²) in [7, 11) is 1.66. The van der Waals surface area contributed by atoms with Gasteiger partial charge in [0.05, 0.1) is 23.5 Å². The molecule has 198 valence electrons. The number of anilines is 1. The lowest BCUT2D eigenvalue weighted by molar-refractivity contribution is 0.00458. The summed E-state index contributed by atoms with van der Waals surface area (Å²) in [6.45, 7) is 11.6. The molecule has 11 nitrogen and oxygen atoms in total. The normalized spacial score (nSPS) is 14.4. The monoisotopic (exact) mass is 527 g/mol. The average Bonchev–Trinajstić information content (AvgIpc) is 3.58. The van der Waals surface area contributed by atoms with Crippen molar-refractivity contribution < 1.29 is 19.1 Å². The minimum atomic E-state index is -0.800. The number of rotatable bonds is 7. The van der Waals surface area contributed by atoms with Crippen molar-refractivity contribution in [3.05, 3.63) is 52.0 Å². The maximum atomic E-state index is 13.7. The van der Waals surface area contributed by atoms with Crippen molar-refractivity contribution in [1.82, 2.24) is 24.6 Å². The number of fused-ring (bicyclic) bond motifs is 1. The van der Waals surface area contributed by atoms with Gasteiger partial charge in [0.1, 0.15) is 16.8 Å². The number of nitrogens with zero attached hydrogens (tertiary/aromatic N) is 5. The van der Waals surface area contributed by atoms with E-state index in [4.69, 9.17) is 10.5 Å². The zero-order valence-corrected chi connectivity index (χ0v) is 23.0. The highest BCUT2D eigenvalue weighted by atomic mass is 32.1. The molecule has 2 aromatic heterocycles. The topological polar surface area (TPSA) is 145 Å². The summed E-state index contributed by atoms with van der Waals surface area (Å²) >= 11 is 1.08. The van der Waals surface area contributed by atoms with Crippen molar-refractivity contribution in [3.63, 3.8) is 0 Å². The first-order valence-electron chi connectivity index (χ1n) is 12.2. The molecular formula is C25H33N7O4S. The number of primary amides is 1. The third-order valence-corrected chi connectivity index (χ3v) is 7.42. The second kappa shape index (κ2) is 11.1. The lowest BCUT2D eigenvalue weighted by Crippen LogP contribution is -2.40. The maximum Gasteiger partial charge on any atom is 0.412 e. The molecule has 1 aliphatic rings. The summed E-state index contributed by atoms with van der Waals surface area (Å²) in [5, 5.41) is 7.37. The molecule has 3 heterocycles. The van der Waals surface area contributed by atoms with Crippen LogP contribution in [0.15, 0.2) is 24.7 Å². The zero-order valence-electron chi connectivity index (χ0n) is 22.2. The van der Waals surface area contributed by atoms with E-state index in [-0.39, 0.29) is 5.91 Å². The molecule has 0 aliphatic carbocycles. The number of hydrogen-bond acceptors (Lipinski definition) is 8. The fourth-order valence-electron chi connectivity index (χ4n) is 4.28. The Morgan fingerprint density at radius 1 is 1.24 bits per heavy atom. The molecular weight excluding hydrogens is 494 g/mol. The second-order valence-corrected chi connectivity index (χ2v) is 9.45. The highest BCUT2D eigenvalue weighted by molar-refractivity contribution is 7.16. The van der Waals surface area contributed by atoms with Crippen LogP contribution in [0.25, 0.3) is 5.13 Å². The molecule has 1 aromatic carbocycles. The minimum Gasteiger partial charge on any atom is -0.438 e. The zero-order chi connectivity index (χ0) is 27.5. The number of carbonyl (C=O) groups excluding carboxylic acids is 3. The van der Waals surface area contributed by atoms with Crippen LogP contribution in [0.2, 0.25) is 0 Å². The molecule has 37 heavy (non-hydrogen) atoms. The SMILES string of the molecule is CC.CCC1(CC)OC(=O)Nc2c(C(=O)N(C)C(C)c3ncnn3-c3ncc(C(N)=O)s3)cc(C)cc21. The van der Waals surface area contributed by atoms with Gasteiger partial charge in [0.2, 0.25) is 5.13 Å². The first-order valence-corrected chi connectivity index (χ1v) is 13.0. The van der Waals surface area contributed by atoms with Crippen molar-refractivity contribution in [2.75, 3.05) is 12.4 Å². The van der Waals surface area contributed by atoms with Gasteiger partial charge in [-0.2, -0.15) is 9.78 Å². The van der Waals surface area contributed by atoms with E-state index in [9.17, 15) is 14.4 Å². The molecule has 0 spiro atoms. The average molecular weight is 528 g/mol. The van der Waals surface area contributed by atoms with Gasteiger partial charge < -0.3 is 15.4 Å². The van der Waals surface area contributed by atoms with E-state index in [0.717, 1.165) is 22.5 Å². The Kier molecular flexibility index (Phi) is 8.32. The molecule has 0 saturated carbocycles. The largest absolute Gasteiger partial charge is 0.438 e. The van der Waals surface area contributed by atoms with Crippen molar-refractivity contribution >= 4 is 34.9 Å². The molecule has 1 unspecified atom stereocenters. The molecule has 3 N–H and O–H groups in total. The molecule has 4 rings (SSSR count). The van der Waals surface area contributed by atoms with E-state index in [1.54, 1.807) is 13.1 Å². The van der Waals surface area contributed by atoms with Gasteiger partial charge in [-0.3, -0.25) is 14.9 Å². The summed E-state index contributed by atoms with van der Waals surface area (Å²) in [6, 6.07) is 3.20. The first kappa shape index (κ1) is 27.8. The van der Waals surface area contributed by atoms with Gasteiger partial charge in [0.15, 0.2) is 5.82 Å². The Hall–Kier alpha value is -3.80. The summed E-state index contributed by atoms with van der Waals surface area (Å²) in [4.78, 5) is 48.0. The van der Waals surface area contributed by atoms with Crippen LogP contribution in [0.5, 0.6) is 0 Å². The van der Waals surface area contributed by atoms with Crippen LogP contribution in [0.4, 0.5) is 10.5 Å². The van der Waals surface area contributed by atoms with Gasteiger partial charge in [0.25, 0.3) is 11.8 Å². The molecule has 1 aliphatic heterocycles. The first-order chi connectivity index (χ1) is 17.6. The molecule has 3 amide bonds. The molecule has 12 heteroatoms. The van der Waals surface area contributed by atoms with Gasteiger partial charge in [0, 0.05) is 12.6 Å². The van der Waals surface area contributed by atoms with E-state index in [2.05, 4.69) is 20.4 Å². The Morgan fingerprint density at radius 3 is 2.51 bits per heavy atom. The number of hydrogen-bond donors (Lipinski definition) is 2. The lowest BCUT2D eigenvalue weighted by atomic mass is 9.83. The molecule has 0 saturated heterocycles. The quantitative estimate of drug-likeness (QED) is 0.458. The van der Waals surface area contributed by atoms with Gasteiger partial charge in [-0.1, -0.05) is 39.0 Å². The summed E-state index contributed by atoms with van der Waals surface area (Å²) in [6.07, 6.45) is 3.32. The van der Waals surface area contributed by atoms with Crippen LogP contribution in [-0.2, 0) is 10.3 Å². The predicted octanol–water partition coefficient (Wildman–Crippen LogP) is 4.57. The number of benzene rings is 1. The molecule has 0 radical (unpaired) electrons. The Bertz CT molecular complexity index is 1310. The number of cyclic esters (lactones) is 1. The number of nitrogens with two attached hydrogens (primary N) is 1. The van der Waals surface area contributed by atoms with Crippen molar-refractivity contribution in [2.45, 2.75) is 66.0 Å². The minimum absolute atomic E-state index is 0.290. The predicted molar refractivity (Wildman–Crippen MR) is 141 cm³/mol. The Balaban J connectivity index is 0.00000186. The number of thiazole rings is 1. The molecule has 0 fully saturated rings. The Morgan fingerprint density at radius 2 is 1.92 bits per heavy atom. The molecule has 1 atom stereocenters. The van der Waals surface area contributed by atoms with E-state index in [1.165, 1.54) is 22.1 Å². The highest BCUT2D eigenvalue weighted by Crippen LogP contribution is 2.43. The van der Waals surface area contributed by atoms with Crippen LogP contribution in [0.1, 0.15) is 90.5 Å². The number of carbonyl (C=O) groups is 3. The number of amides is 3. The van der Waals surface area contributed by atoms with Crippen molar-refractivity contribution in [3.8, 4) is 5.13 Å². The number of nitrogens with one attached hydrogen (secondary N) is 1. The van der Waals surface area contributed by atoms with Gasteiger partial charge in [-0.25, -0.2) is 14.8 Å². The van der Waals surface area contributed by atoms with Crippen LogP contribution >= 0.6 is 11.3 Å². The number of aryl methyl sites for hydroxylation is 1. The van der Waals surface area contributed by atoms with Gasteiger partial charge in [-0.15, -0.1) is 0 Å². The van der Waals surface area contributed by atoms with Crippen molar-refractivity contribution in [2.24, 2.45) is 5.73 Å².